The molecule has 0 amide bonds. The molecule has 0 unspecified atom stereocenters. The van der Waals surface area contributed by atoms with Crippen molar-refractivity contribution in [3.8, 4) is 5.75 Å². The molecule has 0 saturated carbocycles. The minimum Gasteiger partial charge on any atom is -0.478 e. The summed E-state index contributed by atoms with van der Waals surface area (Å²) in [6, 6.07) is 14.7. The van der Waals surface area contributed by atoms with Crippen molar-refractivity contribution in [1.82, 2.24) is 0 Å². The van der Waals surface area contributed by atoms with Gasteiger partial charge in [-0.15, -0.1) is 11.8 Å². The molecule has 0 spiro atoms. The van der Waals surface area contributed by atoms with Crippen LogP contribution in [0.4, 0.5) is 5.69 Å². The second-order valence-corrected chi connectivity index (χ2v) is 6.27. The molecule has 0 fully saturated rings. The smallest absolute Gasteiger partial charge is 0.339 e. The Morgan fingerprint density at radius 3 is 2.35 bits per heavy atom. The molecule has 6 nitrogen and oxygen atoms in total. The second kappa shape index (κ2) is 11.9. The summed E-state index contributed by atoms with van der Waals surface area (Å²) in [6.45, 7) is 1.92. The number of hydrogen-bond acceptors (Lipinski definition) is 6. The van der Waals surface area contributed by atoms with Gasteiger partial charge in [-0.1, -0.05) is 18.2 Å². The van der Waals surface area contributed by atoms with E-state index in [0.29, 0.717) is 12.2 Å². The van der Waals surface area contributed by atoms with E-state index in [9.17, 15) is 14.7 Å². The Morgan fingerprint density at radius 1 is 1.12 bits per heavy atom. The first-order valence-electron chi connectivity index (χ1n) is 7.85. The summed E-state index contributed by atoms with van der Waals surface area (Å²) in [5.41, 5.74) is 0.632. The number of carbonyl (C=O) groups excluding carboxylic acids is 1. The number of carboxylic acid groups (broad SMARTS) is 1. The van der Waals surface area contributed by atoms with Crippen molar-refractivity contribution in [3.05, 3.63) is 54.1 Å². The summed E-state index contributed by atoms with van der Waals surface area (Å²) in [5.74, 6) is -0.789. The van der Waals surface area contributed by atoms with Gasteiger partial charge in [-0.05, 0) is 30.3 Å². The lowest BCUT2D eigenvalue weighted by atomic mass is 10.1. The van der Waals surface area contributed by atoms with Gasteiger partial charge >= 0.3 is 11.9 Å². The molecule has 2 aromatic carbocycles. The molecule has 0 saturated heterocycles. The number of aromatic carboxylic acids is 1. The number of carboxylic acids is 1. The molecule has 0 aliphatic rings. The Kier molecular flexibility index (Phi) is 9.89. The molecule has 140 valence electrons. The average Bonchev–Trinajstić information content (AvgIpc) is 2.61. The van der Waals surface area contributed by atoms with Gasteiger partial charge in [0.2, 0.25) is 0 Å². The van der Waals surface area contributed by atoms with E-state index in [1.807, 2.05) is 30.3 Å². The monoisotopic (exact) mass is 377 g/mol. The van der Waals surface area contributed by atoms with Crippen molar-refractivity contribution >= 4 is 29.4 Å². The highest BCUT2D eigenvalue weighted by molar-refractivity contribution is 7.99. The van der Waals surface area contributed by atoms with Gasteiger partial charge in [0, 0.05) is 44.0 Å². The SMILES string of the molecule is CC(=O)Oc1ccc(NCCSc2ccccc2)cc1C(=O)O.COC. The summed E-state index contributed by atoms with van der Waals surface area (Å²) < 4.78 is 9.14. The zero-order valence-corrected chi connectivity index (χ0v) is 15.8. The van der Waals surface area contributed by atoms with E-state index in [4.69, 9.17) is 4.74 Å². The van der Waals surface area contributed by atoms with Gasteiger partial charge in [-0.3, -0.25) is 4.79 Å². The molecule has 0 atom stereocenters. The Morgan fingerprint density at radius 2 is 1.77 bits per heavy atom. The van der Waals surface area contributed by atoms with E-state index in [1.54, 1.807) is 32.0 Å². The lowest BCUT2D eigenvalue weighted by Crippen LogP contribution is -2.09. The Bertz CT molecular complexity index is 706. The molecule has 0 bridgehead atoms. The number of esters is 1. The fraction of sp³-hybridized carbons (Fsp3) is 0.263. The van der Waals surface area contributed by atoms with Crippen LogP contribution in [0.5, 0.6) is 5.75 Å². The summed E-state index contributed by atoms with van der Waals surface area (Å²) in [5, 5.41) is 12.4. The number of ether oxygens (including phenoxy) is 2. The summed E-state index contributed by atoms with van der Waals surface area (Å²) in [7, 11) is 3.25. The van der Waals surface area contributed by atoms with Crippen LogP contribution in [0, 0.1) is 0 Å². The maximum Gasteiger partial charge on any atom is 0.339 e. The maximum atomic E-state index is 11.2. The minimum atomic E-state index is -1.14. The third-order valence-corrected chi connectivity index (χ3v) is 3.92. The predicted octanol–water partition coefficient (Wildman–Crippen LogP) is 3.78. The van der Waals surface area contributed by atoms with E-state index in [1.165, 1.54) is 24.0 Å². The molecule has 2 rings (SSSR count). The molecule has 7 heteroatoms. The van der Waals surface area contributed by atoms with Crippen LogP contribution in [-0.2, 0) is 9.53 Å². The first-order valence-corrected chi connectivity index (χ1v) is 8.84. The van der Waals surface area contributed by atoms with Crippen molar-refractivity contribution in [1.29, 1.82) is 0 Å². The number of hydrogen-bond donors (Lipinski definition) is 2. The molecule has 2 N–H and O–H groups in total. The summed E-state index contributed by atoms with van der Waals surface area (Å²) >= 11 is 1.71. The van der Waals surface area contributed by atoms with Crippen LogP contribution in [0.3, 0.4) is 0 Å². The molecule has 0 radical (unpaired) electrons. The zero-order valence-electron chi connectivity index (χ0n) is 15.0. The van der Waals surface area contributed by atoms with E-state index in [2.05, 4.69) is 10.1 Å². The Labute approximate surface area is 157 Å². The fourth-order valence-corrected chi connectivity index (χ4v) is 2.72. The largest absolute Gasteiger partial charge is 0.478 e. The van der Waals surface area contributed by atoms with Gasteiger partial charge in [0.15, 0.2) is 0 Å². The van der Waals surface area contributed by atoms with Gasteiger partial charge < -0.3 is 19.9 Å². The van der Waals surface area contributed by atoms with Crippen molar-refractivity contribution < 1.29 is 24.2 Å². The topological polar surface area (TPSA) is 84.9 Å². The minimum absolute atomic E-state index is 0.0408. The number of benzene rings is 2. The number of methoxy groups -OCH3 is 1. The van der Waals surface area contributed by atoms with Crippen LogP contribution in [0.15, 0.2) is 53.4 Å². The number of carbonyl (C=O) groups is 2. The predicted molar refractivity (Wildman–Crippen MR) is 103 cm³/mol. The zero-order chi connectivity index (χ0) is 19.4. The van der Waals surface area contributed by atoms with Crippen LogP contribution in [0.1, 0.15) is 17.3 Å². The first kappa shape index (κ1) is 21.5. The van der Waals surface area contributed by atoms with Crippen LogP contribution < -0.4 is 10.1 Å². The standard InChI is InChI=1S/C17H17NO4S.C2H6O/c1-12(19)22-16-8-7-13(11-15(16)17(20)21)18-9-10-23-14-5-3-2-4-6-14;1-3-2/h2-8,11,18H,9-10H2,1H3,(H,20,21);1-2H3. The first-order chi connectivity index (χ1) is 12.5. The van der Waals surface area contributed by atoms with E-state index >= 15 is 0 Å². The second-order valence-electron chi connectivity index (χ2n) is 5.11. The number of anilines is 1. The lowest BCUT2D eigenvalue weighted by Gasteiger charge is -2.10. The molecule has 0 aliphatic carbocycles. The van der Waals surface area contributed by atoms with Crippen molar-refractivity contribution in [2.45, 2.75) is 11.8 Å². The number of thioether (sulfide) groups is 1. The van der Waals surface area contributed by atoms with E-state index in [0.717, 1.165) is 5.75 Å². The highest BCUT2D eigenvalue weighted by Crippen LogP contribution is 2.23. The van der Waals surface area contributed by atoms with Crippen LogP contribution >= 0.6 is 11.8 Å². The van der Waals surface area contributed by atoms with E-state index in [-0.39, 0.29) is 11.3 Å². The molecule has 0 aromatic heterocycles. The van der Waals surface area contributed by atoms with Crippen LogP contribution in [0.2, 0.25) is 0 Å². The van der Waals surface area contributed by atoms with Gasteiger partial charge in [-0.25, -0.2) is 4.79 Å². The van der Waals surface area contributed by atoms with Gasteiger partial charge in [-0.2, -0.15) is 0 Å². The van der Waals surface area contributed by atoms with Crippen molar-refractivity contribution in [2.75, 3.05) is 31.8 Å². The molecule has 2 aromatic rings. The van der Waals surface area contributed by atoms with E-state index < -0.39 is 11.9 Å². The molecule has 0 heterocycles. The van der Waals surface area contributed by atoms with Crippen LogP contribution in [0.25, 0.3) is 0 Å². The highest BCUT2D eigenvalue weighted by atomic mass is 32.2. The van der Waals surface area contributed by atoms with Gasteiger partial charge in [0.05, 0.1) is 0 Å². The number of rotatable bonds is 7. The summed E-state index contributed by atoms with van der Waals surface area (Å²) in [6.07, 6.45) is 0. The van der Waals surface area contributed by atoms with Crippen molar-refractivity contribution in [3.63, 3.8) is 0 Å². The molecule has 0 aliphatic heterocycles. The lowest BCUT2D eigenvalue weighted by molar-refractivity contribution is -0.131. The molecule has 26 heavy (non-hydrogen) atoms. The van der Waals surface area contributed by atoms with Gasteiger partial charge in [0.1, 0.15) is 11.3 Å². The van der Waals surface area contributed by atoms with Gasteiger partial charge in [0.25, 0.3) is 0 Å². The third kappa shape index (κ3) is 8.04. The molecular weight excluding hydrogens is 354 g/mol. The maximum absolute atomic E-state index is 11.2. The van der Waals surface area contributed by atoms with Crippen molar-refractivity contribution in [2.24, 2.45) is 0 Å². The third-order valence-electron chi connectivity index (χ3n) is 2.91. The normalized spacial score (nSPS) is 9.65. The highest BCUT2D eigenvalue weighted by Gasteiger charge is 2.13. The summed E-state index contributed by atoms with van der Waals surface area (Å²) in [4.78, 5) is 23.4. The number of nitrogens with one attached hydrogen (secondary N) is 1. The quantitative estimate of drug-likeness (QED) is 0.329. The molecular formula is C19H23NO5S. The Hall–Kier alpha value is -2.51. The average molecular weight is 377 g/mol. The Balaban J connectivity index is 0.00000105. The fourth-order valence-electron chi connectivity index (χ4n) is 1.93. The van der Waals surface area contributed by atoms with Crippen LogP contribution in [-0.4, -0.2) is 43.6 Å².